The summed E-state index contributed by atoms with van der Waals surface area (Å²) in [6.07, 6.45) is 10.1. The molecule has 2 aliphatic carbocycles. The molecule has 4 aliphatic rings. The van der Waals surface area contributed by atoms with Gasteiger partial charge in [-0.2, -0.15) is 0 Å². The van der Waals surface area contributed by atoms with E-state index in [1.54, 1.807) is 0 Å². The van der Waals surface area contributed by atoms with Crippen LogP contribution >= 0.6 is 606 Å². The van der Waals surface area contributed by atoms with Crippen LogP contribution < -0.4 is 20.0 Å². The molecule has 16 rings (SSSR count). The normalized spacial score (nSPS) is 19.4. The van der Waals surface area contributed by atoms with Crippen molar-refractivity contribution in [3.63, 3.8) is 0 Å². The number of nitrogens with one attached hydrogen (secondary N) is 1. The molecule has 139 heavy (non-hydrogen) atoms. The molecule has 2 fully saturated rings. The number of hydrogen-bond donors (Lipinski definition) is 1. The minimum absolute atomic E-state index is 0.00524. The fourth-order valence-electron chi connectivity index (χ4n) is 17.0. The molecule has 49 heteroatoms. The number of benzene rings is 12. The molecule has 0 aromatic heterocycles. The Labute approximate surface area is 1130 Å². The summed E-state index contributed by atoms with van der Waals surface area (Å²) in [7, 11) is -10.9. The number of aryl methyl sites for hydroxylation is 2. The SMILES string of the molecule is Cc1cc(Cl)cc(N2c3ccccc3C3(C)CCCCC23C)c1.Cc1cc(N(c2cccc(-c3ccccc3)c2)c2cccc(-c3ccccc3)c2)cc(N2c3ccccc3C3(C)CCCCC23C)c1.II(I)I(I)I(I)I(I)I(I)I(I)I(I)I(I)I(I)I(I)I(I)I(I)I(I)I(I)I(I)I(I)I(I)I(I)I(I)I(I)I(I)I.c1ccc(-c2cccc(Nc3cccc(-c4ccccc4)c3)c2)cc1. The number of hydrogen-bond acceptors (Lipinski definition) is 4. The van der Waals surface area contributed by atoms with Gasteiger partial charge in [0.1, 0.15) is 0 Å². The number of nitrogens with zero attached hydrogens (tertiary/aromatic N) is 3. The van der Waals surface area contributed by atoms with Gasteiger partial charge in [-0.1, -0.05) is 257 Å². The average Bonchev–Trinajstić information content (AvgIpc) is 1.54. The maximum Gasteiger partial charge on any atom is 0.0390 e. The molecule has 0 amide bonds. The Morgan fingerprint density at radius 3 is 0.820 bits per heavy atom. The molecule has 4 nitrogen and oxygen atoms in total. The molecule has 12 aromatic rings. The molecule has 0 radical (unpaired) electrons. The maximum absolute atomic E-state index is 6.38. The van der Waals surface area contributed by atoms with Gasteiger partial charge in [-0.15, -0.1) is 0 Å². The molecule has 12 aromatic carbocycles. The Hall–Kier alpha value is 22.3. The summed E-state index contributed by atoms with van der Waals surface area (Å²) in [6.45, 7) is 14.3. The molecule has 0 saturated heterocycles. The fraction of sp³-hybridized carbons (Fsp3) is 0.200. The van der Waals surface area contributed by atoms with E-state index < -0.39 is 166 Å². The zero-order valence-corrected chi connectivity index (χ0v) is 168. The Morgan fingerprint density at radius 2 is 0.511 bits per heavy atom. The predicted molar refractivity (Wildman–Crippen MR) is 1020 cm³/mol. The van der Waals surface area contributed by atoms with Crippen LogP contribution in [0.5, 0.6) is 0 Å². The quantitative estimate of drug-likeness (QED) is 0.0437. The second-order valence-corrected chi connectivity index (χ2v) is 1050. The second-order valence-electron chi connectivity index (χ2n) is 30.9. The largest absolute Gasteiger partial charge is 0.355 e. The van der Waals surface area contributed by atoms with E-state index in [2.05, 4.69) is 775 Å². The topological polar surface area (TPSA) is 21.8 Å². The molecule has 2 aliphatic heterocycles. The first-order valence-electron chi connectivity index (χ1n) is 40.3. The number of fused-ring (bicyclic) bond motifs is 6. The molecule has 2 saturated carbocycles. The van der Waals surface area contributed by atoms with Crippen molar-refractivity contribution in [2.75, 3.05) is 20.0 Å². The van der Waals surface area contributed by atoms with E-state index in [-0.39, 0.29) is 21.9 Å². The average molecular weight is 6840 g/mol. The van der Waals surface area contributed by atoms with Crippen LogP contribution in [0.25, 0.3) is 44.5 Å². The van der Waals surface area contributed by atoms with Crippen molar-refractivity contribution in [3.05, 3.63) is 331 Å². The number of anilines is 9. The van der Waals surface area contributed by atoms with Crippen molar-refractivity contribution >= 4 is 657 Å². The van der Waals surface area contributed by atoms with Gasteiger partial charge in [0.2, 0.25) is 0 Å². The van der Waals surface area contributed by atoms with Crippen molar-refractivity contribution in [1.82, 2.24) is 0 Å². The van der Waals surface area contributed by atoms with E-state index >= 15 is 0 Å². The minimum atomic E-state index is -0.557. The summed E-state index contributed by atoms with van der Waals surface area (Å²) >= 11 is 80.9. The maximum atomic E-state index is 6.38. The van der Waals surface area contributed by atoms with Gasteiger partial charge < -0.3 is 20.0 Å². The van der Waals surface area contributed by atoms with Crippen molar-refractivity contribution in [2.24, 2.45) is 0 Å². The molecule has 4 atom stereocenters. The van der Waals surface area contributed by atoms with Crippen LogP contribution in [0.1, 0.15) is 101 Å². The van der Waals surface area contributed by atoms with Gasteiger partial charge in [-0.3, -0.25) is 0 Å². The first-order chi connectivity index (χ1) is 66.2. The van der Waals surface area contributed by atoms with Crippen LogP contribution in [0.4, 0.5) is 51.2 Å². The van der Waals surface area contributed by atoms with E-state index in [1.807, 2.05) is 18.2 Å². The summed E-state index contributed by atoms with van der Waals surface area (Å²) in [5.41, 5.74) is 26.5. The predicted octanol–water partition coefficient (Wildman–Crippen LogP) is 64.7. The first kappa shape index (κ1) is 138. The minimum Gasteiger partial charge on any atom is -0.355 e. The van der Waals surface area contributed by atoms with E-state index in [0.29, 0.717) is 0 Å². The van der Waals surface area contributed by atoms with Gasteiger partial charge in [-0.05, 0) is 217 Å². The summed E-state index contributed by atoms with van der Waals surface area (Å²) in [5, 5.41) is 4.35. The molecule has 780 valence electrons. The smallest absolute Gasteiger partial charge is 0.0390 e. The van der Waals surface area contributed by atoms with Crippen LogP contribution in [0, 0.1) is 13.8 Å². The molecular formula is C90H85ClI44N4. The first-order valence-corrected chi connectivity index (χ1v) is 311. The van der Waals surface area contributed by atoms with E-state index in [4.69, 9.17) is 11.6 Å². The van der Waals surface area contributed by atoms with Crippen LogP contribution in [-0.2, 0) is 10.8 Å². The van der Waals surface area contributed by atoms with Crippen LogP contribution in [-0.4, -0.2) is 11.1 Å². The van der Waals surface area contributed by atoms with Crippen LogP contribution in [0.15, 0.2) is 303 Å². The monoisotopic (exact) mass is 6840 g/mol. The third-order valence-electron chi connectivity index (χ3n) is 23.2. The van der Waals surface area contributed by atoms with E-state index in [0.717, 1.165) is 27.8 Å². The van der Waals surface area contributed by atoms with Gasteiger partial charge in [0.25, 0.3) is 0 Å². The summed E-state index contributed by atoms with van der Waals surface area (Å²) in [6, 6.07) is 109. The Morgan fingerprint density at radius 1 is 0.252 bits per heavy atom. The standard InChI is InChI=1S/C45H42N2.C24H19N.C21H24ClN.I44/c1-33-28-40(32-41(29-33)47-43-25-11-10-24-42(43)44(2)26-12-13-27-45(44,47)3)46(38-22-14-20-36(30-38)34-16-6-4-7-17-34)39-23-15-21-37(31-39)35-18-8-5-9-19-35;1-3-9-19(10-4-1)21-13-7-15-23(17-21)25-24-16-8-14-22(18-24)20-11-5-2-6-12-20;1-15-12-16(22)14-17(13-15)23-19-9-5-4-8-18(19)20(2)10-6-7-11-21(20,23)3;1-24(2)26(5)28(7)30(9)32(11)34(13)36(15)38(17)40(19)42(21)44(23)43(22)41(20)39(18)37(16)35(14)33(12)31(10)29(8)27(6)25(3)4/h4-11,14-25,28-32H,12-13,26-27H2,1-3H3;1-18,25H;4-5,8-9,12-14H,6-7,10-11H2,1-3H3;. The molecule has 2 heterocycles. The van der Waals surface area contributed by atoms with E-state index in [9.17, 15) is 0 Å². The molecular weight excluding hydrogens is 6760 g/mol. The number of halogens is 45. The van der Waals surface area contributed by atoms with Crippen molar-refractivity contribution in [1.29, 1.82) is 0 Å². The molecule has 1 N–H and O–H groups in total. The number of para-hydroxylation sites is 2. The van der Waals surface area contributed by atoms with Gasteiger partial charge in [0.15, 0.2) is 0 Å². The summed E-state index contributed by atoms with van der Waals surface area (Å²) < 4.78 is 0. The summed E-state index contributed by atoms with van der Waals surface area (Å²) in [5.74, 6) is 0. The second kappa shape index (κ2) is 68.7. The van der Waals surface area contributed by atoms with Gasteiger partial charge in [0, 0.05) is 67.0 Å². The number of rotatable bonds is 31. The molecule has 4 unspecified atom stereocenters. The Bertz CT molecular complexity index is 5770. The van der Waals surface area contributed by atoms with E-state index in [1.165, 1.54) is 147 Å². The zero-order chi connectivity index (χ0) is 100. The third kappa shape index (κ3) is 37.2. The van der Waals surface area contributed by atoms with Gasteiger partial charge in [0.05, 0.1) is 11.1 Å². The zero-order valence-electron chi connectivity index (χ0n) is 72.4. The van der Waals surface area contributed by atoms with Gasteiger partial charge >= 0.3 is 594 Å². The van der Waals surface area contributed by atoms with Crippen LogP contribution in [0.3, 0.4) is 0 Å². The third-order valence-corrected chi connectivity index (χ3v) is 3330. The Balaban J connectivity index is 0.000000163. The fourth-order valence-corrected chi connectivity index (χ4v) is 7980. The molecule has 0 bridgehead atoms. The van der Waals surface area contributed by atoms with Crippen molar-refractivity contribution < 1.29 is 0 Å². The summed E-state index contributed by atoms with van der Waals surface area (Å²) in [4.78, 5) is 7.71. The molecule has 0 spiro atoms. The Kier molecular flexibility index (Phi) is 68.2. The van der Waals surface area contributed by atoms with Crippen molar-refractivity contribution in [2.45, 2.75) is 115 Å². The van der Waals surface area contributed by atoms with Crippen LogP contribution in [0.2, 0.25) is 5.02 Å². The van der Waals surface area contributed by atoms with Crippen molar-refractivity contribution in [3.8, 4) is 44.5 Å². The van der Waals surface area contributed by atoms with Gasteiger partial charge in [-0.25, -0.2) is 0 Å².